The minimum absolute atomic E-state index is 0.0352. The van der Waals surface area contributed by atoms with Crippen molar-refractivity contribution in [3.63, 3.8) is 0 Å². The lowest BCUT2D eigenvalue weighted by Gasteiger charge is -2.19. The zero-order chi connectivity index (χ0) is 18.4. The number of hydrogen-bond donors (Lipinski definition) is 3. The summed E-state index contributed by atoms with van der Waals surface area (Å²) in [5.41, 5.74) is -1.50. The maximum Gasteiger partial charge on any atom is 0.338 e. The van der Waals surface area contributed by atoms with Crippen molar-refractivity contribution in [2.45, 2.75) is 31.3 Å². The smallest absolute Gasteiger partial charge is 0.338 e. The molecule has 1 aliphatic rings. The number of hydrogen-bond acceptors (Lipinski definition) is 5. The first-order valence-electron chi connectivity index (χ1n) is 7.71. The van der Waals surface area contributed by atoms with Crippen LogP contribution in [0.4, 0.5) is 14.5 Å². The standard InChI is InChI=1S/C16H18F2N2O5/c17-11-4-3-10(7-12(11)18)20-13(21)8-19-14(22)9-25-15(23)16(24)5-1-2-6-16/h3-4,7,24H,1-2,5-6,8-9H2,(H,19,22)(H,20,21). The lowest BCUT2D eigenvalue weighted by molar-refractivity contribution is -0.167. The number of amides is 2. The summed E-state index contributed by atoms with van der Waals surface area (Å²) in [5, 5.41) is 14.5. The van der Waals surface area contributed by atoms with Gasteiger partial charge < -0.3 is 20.5 Å². The van der Waals surface area contributed by atoms with Crippen molar-refractivity contribution in [3.05, 3.63) is 29.8 Å². The SMILES string of the molecule is O=C(COC(=O)C1(O)CCCC1)NCC(=O)Nc1ccc(F)c(F)c1. The Morgan fingerprint density at radius 2 is 1.80 bits per heavy atom. The molecule has 1 aromatic rings. The van der Waals surface area contributed by atoms with Gasteiger partial charge in [0.1, 0.15) is 0 Å². The highest BCUT2D eigenvalue weighted by molar-refractivity contribution is 5.95. The molecule has 1 fully saturated rings. The number of rotatable bonds is 6. The molecule has 0 aromatic heterocycles. The first-order chi connectivity index (χ1) is 11.8. The van der Waals surface area contributed by atoms with E-state index in [1.807, 2.05) is 0 Å². The molecule has 9 heteroatoms. The van der Waals surface area contributed by atoms with Gasteiger partial charge in [-0.1, -0.05) is 0 Å². The second kappa shape index (κ2) is 8.02. The Morgan fingerprint density at radius 3 is 2.44 bits per heavy atom. The van der Waals surface area contributed by atoms with Crippen LogP contribution >= 0.6 is 0 Å². The fourth-order valence-electron chi connectivity index (χ4n) is 2.44. The average Bonchev–Trinajstić information content (AvgIpc) is 3.02. The lowest BCUT2D eigenvalue weighted by Crippen LogP contribution is -2.40. The summed E-state index contributed by atoms with van der Waals surface area (Å²) in [4.78, 5) is 34.9. The third-order valence-corrected chi connectivity index (χ3v) is 3.79. The van der Waals surface area contributed by atoms with Crippen molar-refractivity contribution in [1.82, 2.24) is 5.32 Å². The Hall–Kier alpha value is -2.55. The molecule has 1 aromatic carbocycles. The molecule has 1 saturated carbocycles. The van der Waals surface area contributed by atoms with Gasteiger partial charge in [-0.15, -0.1) is 0 Å². The van der Waals surface area contributed by atoms with Crippen molar-refractivity contribution in [3.8, 4) is 0 Å². The molecule has 0 unspecified atom stereocenters. The predicted molar refractivity (Wildman–Crippen MR) is 82.4 cm³/mol. The van der Waals surface area contributed by atoms with Crippen molar-refractivity contribution < 1.29 is 33.0 Å². The Morgan fingerprint density at radius 1 is 1.12 bits per heavy atom. The van der Waals surface area contributed by atoms with E-state index in [4.69, 9.17) is 4.74 Å². The molecule has 0 radical (unpaired) electrons. The van der Waals surface area contributed by atoms with Crippen molar-refractivity contribution in [2.24, 2.45) is 0 Å². The Balaban J connectivity index is 1.71. The molecule has 7 nitrogen and oxygen atoms in total. The second-order valence-electron chi connectivity index (χ2n) is 5.77. The number of nitrogens with one attached hydrogen (secondary N) is 2. The van der Waals surface area contributed by atoms with Gasteiger partial charge in [-0.2, -0.15) is 0 Å². The van der Waals surface area contributed by atoms with E-state index in [-0.39, 0.29) is 5.69 Å². The Labute approximate surface area is 142 Å². The number of benzene rings is 1. The van der Waals surface area contributed by atoms with Crippen LogP contribution in [0.1, 0.15) is 25.7 Å². The number of ether oxygens (including phenoxy) is 1. The first-order valence-corrected chi connectivity index (χ1v) is 7.71. The molecule has 0 saturated heterocycles. The minimum Gasteiger partial charge on any atom is -0.453 e. The van der Waals surface area contributed by atoms with E-state index >= 15 is 0 Å². The molecule has 0 atom stereocenters. The number of anilines is 1. The van der Waals surface area contributed by atoms with Gasteiger partial charge in [0.15, 0.2) is 23.8 Å². The van der Waals surface area contributed by atoms with Crippen molar-refractivity contribution >= 4 is 23.5 Å². The number of carbonyl (C=O) groups is 3. The fraction of sp³-hybridized carbons (Fsp3) is 0.438. The van der Waals surface area contributed by atoms with E-state index in [1.54, 1.807) is 0 Å². The molecule has 2 rings (SSSR count). The Bertz CT molecular complexity index is 674. The van der Waals surface area contributed by atoms with Crippen LogP contribution in [-0.4, -0.2) is 41.6 Å². The maximum absolute atomic E-state index is 13.0. The third-order valence-electron chi connectivity index (χ3n) is 3.79. The highest BCUT2D eigenvalue weighted by Crippen LogP contribution is 2.30. The molecule has 25 heavy (non-hydrogen) atoms. The average molecular weight is 356 g/mol. The summed E-state index contributed by atoms with van der Waals surface area (Å²) in [6, 6.07) is 2.83. The van der Waals surface area contributed by atoms with E-state index in [9.17, 15) is 28.3 Å². The quantitative estimate of drug-likeness (QED) is 0.656. The molecule has 0 heterocycles. The van der Waals surface area contributed by atoms with Crippen molar-refractivity contribution in [2.75, 3.05) is 18.5 Å². The molecule has 0 bridgehead atoms. The summed E-state index contributed by atoms with van der Waals surface area (Å²) < 4.78 is 30.5. The zero-order valence-corrected chi connectivity index (χ0v) is 13.3. The summed E-state index contributed by atoms with van der Waals surface area (Å²) in [6.45, 7) is -1.07. The molecule has 0 spiro atoms. The zero-order valence-electron chi connectivity index (χ0n) is 13.3. The monoisotopic (exact) mass is 356 g/mol. The topological polar surface area (TPSA) is 105 Å². The predicted octanol–water partition coefficient (Wildman–Crippen LogP) is 0.868. The van der Waals surface area contributed by atoms with E-state index < -0.39 is 48.2 Å². The third kappa shape index (κ3) is 5.21. The summed E-state index contributed by atoms with van der Waals surface area (Å²) in [5.74, 6) is -4.41. The van der Waals surface area contributed by atoms with Gasteiger partial charge in [0.2, 0.25) is 5.91 Å². The number of halogens is 2. The molecule has 136 valence electrons. The lowest BCUT2D eigenvalue weighted by atomic mass is 10.0. The first kappa shape index (κ1) is 18.8. The van der Waals surface area contributed by atoms with Crippen LogP contribution in [0.25, 0.3) is 0 Å². The van der Waals surface area contributed by atoms with E-state index in [2.05, 4.69) is 10.6 Å². The second-order valence-corrected chi connectivity index (χ2v) is 5.77. The molecular weight excluding hydrogens is 338 g/mol. The minimum atomic E-state index is -1.54. The molecule has 2 amide bonds. The van der Waals surface area contributed by atoms with Crippen LogP contribution in [0, 0.1) is 11.6 Å². The largest absolute Gasteiger partial charge is 0.453 e. The van der Waals surface area contributed by atoms with Gasteiger partial charge in [-0.05, 0) is 37.8 Å². The number of esters is 1. The van der Waals surface area contributed by atoms with E-state index in [1.165, 1.54) is 6.07 Å². The van der Waals surface area contributed by atoms with Gasteiger partial charge in [0.25, 0.3) is 5.91 Å². The maximum atomic E-state index is 13.0. The van der Waals surface area contributed by atoms with Gasteiger partial charge in [0, 0.05) is 11.8 Å². The van der Waals surface area contributed by atoms with Crippen LogP contribution in [0.5, 0.6) is 0 Å². The van der Waals surface area contributed by atoms with Gasteiger partial charge >= 0.3 is 5.97 Å². The molecular formula is C16H18F2N2O5. The summed E-state index contributed by atoms with van der Waals surface area (Å²) in [7, 11) is 0. The van der Waals surface area contributed by atoms with E-state index in [0.29, 0.717) is 25.7 Å². The molecule has 3 N–H and O–H groups in total. The number of aliphatic hydroxyl groups is 1. The van der Waals surface area contributed by atoms with Crippen LogP contribution in [0.3, 0.4) is 0 Å². The summed E-state index contributed by atoms with van der Waals surface area (Å²) in [6.07, 6.45) is 2.01. The van der Waals surface area contributed by atoms with Gasteiger partial charge in [-0.3, -0.25) is 9.59 Å². The van der Waals surface area contributed by atoms with Crippen LogP contribution in [0.2, 0.25) is 0 Å². The van der Waals surface area contributed by atoms with Gasteiger partial charge in [-0.25, -0.2) is 13.6 Å². The van der Waals surface area contributed by atoms with Crippen LogP contribution in [0.15, 0.2) is 18.2 Å². The normalized spacial score (nSPS) is 15.5. The molecule has 0 aliphatic heterocycles. The molecule has 1 aliphatic carbocycles. The fourth-order valence-corrected chi connectivity index (χ4v) is 2.44. The van der Waals surface area contributed by atoms with E-state index in [0.717, 1.165) is 12.1 Å². The highest BCUT2D eigenvalue weighted by Gasteiger charge is 2.40. The van der Waals surface area contributed by atoms with Crippen LogP contribution in [-0.2, 0) is 19.1 Å². The van der Waals surface area contributed by atoms with Crippen LogP contribution < -0.4 is 10.6 Å². The summed E-state index contributed by atoms with van der Waals surface area (Å²) >= 11 is 0. The van der Waals surface area contributed by atoms with Gasteiger partial charge in [0.05, 0.1) is 6.54 Å². The van der Waals surface area contributed by atoms with Crippen molar-refractivity contribution in [1.29, 1.82) is 0 Å². The number of carbonyl (C=O) groups excluding carboxylic acids is 3. The highest BCUT2D eigenvalue weighted by atomic mass is 19.2. The Kier molecular flexibility index (Phi) is 6.02.